The molecule has 591 valence electrons. The van der Waals surface area contributed by atoms with Crippen molar-refractivity contribution in [3.63, 3.8) is 0 Å². The second kappa shape index (κ2) is 47.0. The van der Waals surface area contributed by atoms with Gasteiger partial charge in [0.15, 0.2) is 11.1 Å². The average molecular weight is 1890 g/mol. The molecule has 0 saturated carbocycles. The summed E-state index contributed by atoms with van der Waals surface area (Å²) in [7, 11) is 0. The molecule has 23 heteroatoms. The monoisotopic (exact) mass is 1890 g/mol. The van der Waals surface area contributed by atoms with Crippen molar-refractivity contribution in [1.82, 2.24) is 59.0 Å². The summed E-state index contributed by atoms with van der Waals surface area (Å²) in [6, 6.07) is 103. The van der Waals surface area contributed by atoms with E-state index in [4.69, 9.17) is 24.9 Å². The van der Waals surface area contributed by atoms with Crippen molar-refractivity contribution in [2.75, 3.05) is 0 Å². The molecule has 16 nitrogen and oxygen atoms in total. The van der Waals surface area contributed by atoms with Crippen LogP contribution >= 0.6 is 34.8 Å². The number of aromatic nitrogens is 12. The number of aldehydes is 1. The molecule has 0 radical (unpaired) electrons. The van der Waals surface area contributed by atoms with Crippen molar-refractivity contribution in [2.45, 2.75) is 56.2 Å². The molecule has 18 rings (SSSR count). The summed E-state index contributed by atoms with van der Waals surface area (Å²) >= 11 is 5.90. The third-order valence-electron chi connectivity index (χ3n) is 19.8. The summed E-state index contributed by atoms with van der Waals surface area (Å²) in [4.78, 5) is 51.0. The number of H-pyrrole nitrogens is 3. The number of fused-ring (bicyclic) bond motifs is 4. The summed E-state index contributed by atoms with van der Waals surface area (Å²) in [6.45, 7) is 11.1. The molecule has 18 aromatic rings. The van der Waals surface area contributed by atoms with Gasteiger partial charge in [0.05, 0.1) is 46.7 Å². The molecule has 10 aromatic carbocycles. The Kier molecular flexibility index (Phi) is 37.9. The number of carbonyl (C=O) groups excluding carboxylic acids is 1. The van der Waals surface area contributed by atoms with Gasteiger partial charge in [0.25, 0.3) is 0 Å². The molecular formula is C96H85Br2IMg2MnN12O4S. The van der Waals surface area contributed by atoms with E-state index in [1.54, 1.807) is 38.6 Å². The normalized spacial score (nSPS) is 11.5. The fraction of sp³-hybridized carbons (Fsp3) is 0.0938. The van der Waals surface area contributed by atoms with Crippen LogP contribution in [0.15, 0.2) is 372 Å². The van der Waals surface area contributed by atoms with E-state index in [1.165, 1.54) is 33.2 Å². The second-order valence-corrected chi connectivity index (χ2v) is 28.1. The van der Waals surface area contributed by atoms with Gasteiger partial charge in [0.2, 0.25) is 0 Å². The molecule has 0 aliphatic rings. The summed E-state index contributed by atoms with van der Waals surface area (Å²) in [6.07, 6.45) is 21.3. The standard InChI is InChI=1S/C33H27N3O.C22H17IN2.C14H13N3S.C14H13N3.C10H7NO.C2H5.CH3.2BrH.2Mg.Mn.2O/c1-32(37,29-21-11-13-25-14-12-22-34-31(25)29)30-23-36(24-35-30)33(26-15-5-2-6-16-26,27-17-7-3-8-18-27)28-19-9-4-10-20-28;23-21-16-25(17-24-21)22(18-10-4-1-5-11-18,19-12-6-2-7-13-19)20-14-8-3-9-15-20;1-9(12-8-16-14(18)17-12)11-6-2-4-10-5-3-7-15-13(10)11;1-10(13-8-15-9-17-13)12-6-2-4-11-5-3-7-16-14(11)12;12-7-9-4-1-3-8-5-2-6-11-10(8)9;1-2;;;;;;;;/h2-24,37H,1H3;1-17H;2-9H,1H3,(H2,16,17,18);2-10H,1H3,(H,15,17);1-7H;1H2,2H3;1H3;2*1H;;;;;/q;;;;;2*-1;;;2*+2;;;/p-2. The molecule has 0 saturated heterocycles. The van der Waals surface area contributed by atoms with Crippen LogP contribution in [0.25, 0.3) is 43.6 Å². The number of aromatic amines is 3. The van der Waals surface area contributed by atoms with Gasteiger partial charge in [0.1, 0.15) is 20.4 Å². The van der Waals surface area contributed by atoms with Crippen LogP contribution in [0.1, 0.15) is 117 Å². The number of nitrogens with one attached hydrogen (secondary N) is 3. The maximum atomic E-state index is 11.9. The Bertz CT molecular complexity index is 5980. The Morgan fingerprint density at radius 1 is 0.454 bits per heavy atom. The SMILES string of the molecule is CC(O)(c1cn(C(c2ccccc2)(c2ccccc2)c2ccccc2)cn1)c1cccc2cccnc12.CC(c1c[nH]c(=S)[nH]1)c1cccc2cccnc12.CC(c1cnc[nH]1)c1cccc2cccnc12.Ic1cn(C(c2ccccc2)(c2ccccc2)c2ccccc2)cn1.O=Cc1cccc2cccnc12.[Br-].[Br-].[CH2-]C.[CH3-].[Mg+2].[Mg+2].[O]=[Mn]=[O]. The van der Waals surface area contributed by atoms with Gasteiger partial charge >= 0.3 is 68.6 Å². The quantitative estimate of drug-likeness (QED) is 0.0188. The van der Waals surface area contributed by atoms with E-state index < -0.39 is 31.5 Å². The zero-order valence-electron chi connectivity index (χ0n) is 66.2. The number of carbonyl (C=O) groups is 1. The Labute approximate surface area is 771 Å². The van der Waals surface area contributed by atoms with Crippen LogP contribution in [0.3, 0.4) is 0 Å². The van der Waals surface area contributed by atoms with E-state index in [-0.39, 0.29) is 99.3 Å². The molecule has 119 heavy (non-hydrogen) atoms. The molecule has 0 aliphatic heterocycles. The summed E-state index contributed by atoms with van der Waals surface area (Å²) in [5.74, 6) is 0.507. The van der Waals surface area contributed by atoms with Crippen LogP contribution < -0.4 is 34.0 Å². The van der Waals surface area contributed by atoms with Crippen LogP contribution in [-0.2, 0) is 39.2 Å². The molecule has 0 aliphatic carbocycles. The van der Waals surface area contributed by atoms with Crippen molar-refractivity contribution in [3.05, 3.63) is 467 Å². The van der Waals surface area contributed by atoms with E-state index in [2.05, 4.69) is 316 Å². The van der Waals surface area contributed by atoms with Crippen molar-refractivity contribution in [3.8, 4) is 0 Å². The molecule has 0 fully saturated rings. The molecule has 8 aromatic heterocycles. The molecule has 3 unspecified atom stereocenters. The van der Waals surface area contributed by atoms with E-state index in [0.717, 1.165) is 81.9 Å². The number of hydrogen-bond donors (Lipinski definition) is 4. The fourth-order valence-corrected chi connectivity index (χ4v) is 15.0. The summed E-state index contributed by atoms with van der Waals surface area (Å²) < 4.78 is 22.8. The van der Waals surface area contributed by atoms with Crippen LogP contribution in [0.2, 0.25) is 0 Å². The third-order valence-corrected chi connectivity index (χ3v) is 20.6. The van der Waals surface area contributed by atoms with Gasteiger partial charge in [0, 0.05) is 105 Å². The van der Waals surface area contributed by atoms with Crippen molar-refractivity contribution >= 4 is 131 Å². The number of halogens is 3. The number of benzene rings is 10. The number of pyridine rings is 4. The predicted molar refractivity (Wildman–Crippen MR) is 477 cm³/mol. The molecule has 0 amide bonds. The van der Waals surface area contributed by atoms with Gasteiger partial charge in [-0.05, 0) is 117 Å². The fourth-order valence-electron chi connectivity index (χ4n) is 14.4. The van der Waals surface area contributed by atoms with Crippen molar-refractivity contribution in [2.24, 2.45) is 0 Å². The van der Waals surface area contributed by atoms with E-state index in [9.17, 15) is 9.90 Å². The second-order valence-electron chi connectivity index (χ2n) is 26.4. The molecule has 0 spiro atoms. The molecule has 3 atom stereocenters. The van der Waals surface area contributed by atoms with Crippen molar-refractivity contribution in [1.29, 1.82) is 0 Å². The Hall–Kier alpha value is -10.1. The number of hydrogen-bond acceptors (Lipinski definition) is 12. The summed E-state index contributed by atoms with van der Waals surface area (Å²) in [5.41, 5.74) is 14.6. The minimum atomic E-state index is -1.44. The van der Waals surface area contributed by atoms with Crippen LogP contribution in [0.4, 0.5) is 0 Å². The Balaban J connectivity index is 0.000000210. The zero-order chi connectivity index (χ0) is 79.7. The number of aliphatic hydroxyl groups is 1. The van der Waals surface area contributed by atoms with Gasteiger partial charge in [-0.25, -0.2) is 15.0 Å². The van der Waals surface area contributed by atoms with E-state index in [0.29, 0.717) is 16.0 Å². The topological polar surface area (TPSA) is 219 Å². The number of nitrogens with zero attached hydrogens (tertiary/aromatic N) is 9. The van der Waals surface area contributed by atoms with Gasteiger partial charge in [-0.3, -0.25) is 24.7 Å². The third kappa shape index (κ3) is 22.1. The van der Waals surface area contributed by atoms with Gasteiger partial charge in [-0.1, -0.05) is 287 Å². The minimum absolute atomic E-state index is 0. The molecular weight excluding hydrogens is 1810 g/mol. The number of imidazole rings is 4. The predicted octanol–water partition coefficient (Wildman–Crippen LogP) is 15.1. The molecule has 8 heterocycles. The average Bonchev–Trinajstić information content (AvgIpc) is 1.71. The van der Waals surface area contributed by atoms with Gasteiger partial charge in [-0.15, -0.1) is 0 Å². The maximum absolute atomic E-state index is 11.9. The molecule has 0 bridgehead atoms. The zero-order valence-corrected chi connectivity index (χ0v) is 76.3. The molecule has 4 N–H and O–H groups in total. The summed E-state index contributed by atoms with van der Waals surface area (Å²) in [5, 5.41) is 16.3. The Morgan fingerprint density at radius 2 is 0.798 bits per heavy atom. The van der Waals surface area contributed by atoms with Crippen LogP contribution in [-0.4, -0.2) is 116 Å². The first kappa shape index (κ1) is 96.0. The van der Waals surface area contributed by atoms with Gasteiger partial charge < -0.3 is 77.5 Å². The first-order valence-corrected chi connectivity index (χ1v) is 39.3. The van der Waals surface area contributed by atoms with E-state index in [1.807, 2.05) is 129 Å². The number of para-hydroxylation sites is 4. The van der Waals surface area contributed by atoms with Crippen molar-refractivity contribution < 1.29 is 66.4 Å². The van der Waals surface area contributed by atoms with Crippen LogP contribution in [0, 0.1) is 22.8 Å². The first-order valence-electron chi connectivity index (χ1n) is 36.8. The van der Waals surface area contributed by atoms with Gasteiger partial charge in [-0.2, -0.15) is 6.92 Å². The van der Waals surface area contributed by atoms with E-state index >= 15 is 0 Å². The first-order chi connectivity index (χ1) is 55.9. The van der Waals surface area contributed by atoms with Crippen LogP contribution in [0.5, 0.6) is 0 Å². The number of rotatable bonds is 15. The Morgan fingerprint density at radius 3 is 1.17 bits per heavy atom.